The Hall–Kier alpha value is -2.09. The van der Waals surface area contributed by atoms with Gasteiger partial charge in [-0.15, -0.1) is 12.4 Å². The van der Waals surface area contributed by atoms with Crippen LogP contribution in [-0.4, -0.2) is 50.0 Å². The van der Waals surface area contributed by atoms with Crippen LogP contribution >= 0.6 is 12.4 Å². The zero-order valence-corrected chi connectivity index (χ0v) is 15.5. The van der Waals surface area contributed by atoms with Crippen LogP contribution in [0.2, 0.25) is 0 Å². The smallest absolute Gasteiger partial charge is 0.329 e. The van der Waals surface area contributed by atoms with Crippen molar-refractivity contribution in [2.75, 3.05) is 20.1 Å². The summed E-state index contributed by atoms with van der Waals surface area (Å²) in [6, 6.07) is 0. The molecule has 3 heterocycles. The zero-order chi connectivity index (χ0) is 17.1. The van der Waals surface area contributed by atoms with E-state index in [2.05, 4.69) is 21.9 Å². The molecule has 0 amide bonds. The van der Waals surface area contributed by atoms with Crippen molar-refractivity contribution >= 4 is 29.4 Å². The van der Waals surface area contributed by atoms with Gasteiger partial charge in [0.25, 0.3) is 5.56 Å². The Balaban J connectivity index is 0.00000225. The SMILES string of the molecule is CN1CCCCCC1=NCCCn1cnc2c1c(=O)[nH]c(=O)n2C.Cl. The molecule has 0 spiro atoms. The van der Waals surface area contributed by atoms with Crippen LogP contribution in [0.5, 0.6) is 0 Å². The van der Waals surface area contributed by atoms with E-state index in [0.717, 1.165) is 25.9 Å². The van der Waals surface area contributed by atoms with Crippen molar-refractivity contribution in [1.29, 1.82) is 0 Å². The maximum absolute atomic E-state index is 12.0. The molecule has 0 radical (unpaired) electrons. The molecule has 2 aromatic rings. The molecule has 9 heteroatoms. The second kappa shape index (κ2) is 8.33. The molecule has 1 aliphatic heterocycles. The highest BCUT2D eigenvalue weighted by Crippen LogP contribution is 2.11. The van der Waals surface area contributed by atoms with Crippen LogP contribution in [-0.2, 0) is 13.6 Å². The summed E-state index contributed by atoms with van der Waals surface area (Å²) in [5.41, 5.74) is 0.0240. The van der Waals surface area contributed by atoms with Gasteiger partial charge >= 0.3 is 5.69 Å². The number of likely N-dealkylation sites (tertiary alicyclic amines) is 1. The third-order valence-corrected chi connectivity index (χ3v) is 4.56. The molecule has 138 valence electrons. The highest BCUT2D eigenvalue weighted by molar-refractivity contribution is 5.85. The van der Waals surface area contributed by atoms with Crippen molar-refractivity contribution in [2.24, 2.45) is 12.0 Å². The van der Waals surface area contributed by atoms with Gasteiger partial charge in [0.15, 0.2) is 11.2 Å². The number of hydrogen-bond acceptors (Lipinski definition) is 4. The maximum atomic E-state index is 12.0. The lowest BCUT2D eigenvalue weighted by atomic mass is 10.2. The molecule has 0 aromatic carbocycles. The number of nitrogens with one attached hydrogen (secondary N) is 1. The molecule has 3 rings (SSSR count). The van der Waals surface area contributed by atoms with E-state index in [1.165, 1.54) is 29.7 Å². The van der Waals surface area contributed by atoms with E-state index >= 15 is 0 Å². The van der Waals surface area contributed by atoms with Crippen molar-refractivity contribution in [3.05, 3.63) is 27.2 Å². The van der Waals surface area contributed by atoms with Gasteiger partial charge < -0.3 is 9.47 Å². The van der Waals surface area contributed by atoms with Crippen LogP contribution in [0.4, 0.5) is 0 Å². The Morgan fingerprint density at radius 2 is 2.04 bits per heavy atom. The van der Waals surface area contributed by atoms with Crippen LogP contribution in [0.25, 0.3) is 11.2 Å². The number of rotatable bonds is 4. The van der Waals surface area contributed by atoms with Gasteiger partial charge in [-0.1, -0.05) is 6.42 Å². The molecule has 0 unspecified atom stereocenters. The topological polar surface area (TPSA) is 88.3 Å². The molecule has 8 nitrogen and oxygen atoms in total. The minimum Gasteiger partial charge on any atom is -0.363 e. The number of H-pyrrole nitrogens is 1. The van der Waals surface area contributed by atoms with Crippen LogP contribution in [0.15, 0.2) is 20.9 Å². The van der Waals surface area contributed by atoms with Gasteiger partial charge in [-0.25, -0.2) is 9.78 Å². The number of amidine groups is 1. The van der Waals surface area contributed by atoms with Gasteiger partial charge in [0.1, 0.15) is 0 Å². The largest absolute Gasteiger partial charge is 0.363 e. The van der Waals surface area contributed by atoms with E-state index < -0.39 is 5.69 Å². The molecule has 1 saturated heterocycles. The average Bonchev–Trinajstić information content (AvgIpc) is 2.88. The number of hydrogen-bond donors (Lipinski definition) is 1. The van der Waals surface area contributed by atoms with Crippen molar-refractivity contribution in [3.63, 3.8) is 0 Å². The quantitative estimate of drug-likeness (QED) is 0.819. The van der Waals surface area contributed by atoms with Gasteiger partial charge in [-0.2, -0.15) is 0 Å². The Labute approximate surface area is 152 Å². The fraction of sp³-hybridized carbons (Fsp3) is 0.625. The van der Waals surface area contributed by atoms with E-state index in [1.54, 1.807) is 17.9 Å². The fourth-order valence-corrected chi connectivity index (χ4v) is 3.13. The molecule has 2 aromatic heterocycles. The minimum absolute atomic E-state index is 0. The van der Waals surface area contributed by atoms with Gasteiger partial charge in [-0.3, -0.25) is 19.3 Å². The van der Waals surface area contributed by atoms with E-state index in [0.29, 0.717) is 17.7 Å². The lowest BCUT2D eigenvalue weighted by Gasteiger charge is -2.18. The summed E-state index contributed by atoms with van der Waals surface area (Å²) < 4.78 is 3.15. The molecular formula is C16H25ClN6O2. The molecule has 25 heavy (non-hydrogen) atoms. The van der Waals surface area contributed by atoms with Crippen molar-refractivity contribution < 1.29 is 0 Å². The average molecular weight is 369 g/mol. The fourth-order valence-electron chi connectivity index (χ4n) is 3.13. The predicted molar refractivity (Wildman–Crippen MR) is 101 cm³/mol. The molecule has 0 bridgehead atoms. The Morgan fingerprint density at radius 1 is 1.24 bits per heavy atom. The number of aromatic nitrogens is 4. The van der Waals surface area contributed by atoms with Gasteiger partial charge in [0.2, 0.25) is 0 Å². The standard InChI is InChI=1S/C16H24N6O2.ClH/c1-20-9-5-3-4-7-12(20)17-8-6-10-22-11-18-14-13(22)15(23)19-16(24)21(14)2;/h11H,3-10H2,1-2H3,(H,19,23,24);1H. The van der Waals surface area contributed by atoms with Crippen molar-refractivity contribution in [1.82, 2.24) is 24.0 Å². The van der Waals surface area contributed by atoms with Crippen LogP contribution in [0.3, 0.4) is 0 Å². The molecule has 1 N–H and O–H groups in total. The lowest BCUT2D eigenvalue weighted by molar-refractivity contribution is 0.491. The third-order valence-electron chi connectivity index (χ3n) is 4.56. The van der Waals surface area contributed by atoms with Crippen LogP contribution in [0, 0.1) is 0 Å². The third kappa shape index (κ3) is 4.12. The van der Waals surface area contributed by atoms with E-state index in [4.69, 9.17) is 4.99 Å². The van der Waals surface area contributed by atoms with E-state index in [9.17, 15) is 9.59 Å². The molecular weight excluding hydrogens is 344 g/mol. The lowest BCUT2D eigenvalue weighted by Crippen LogP contribution is -2.29. The number of nitrogens with zero attached hydrogens (tertiary/aromatic N) is 5. The summed E-state index contributed by atoms with van der Waals surface area (Å²) in [6.07, 6.45) is 7.20. The van der Waals surface area contributed by atoms with E-state index in [1.807, 2.05) is 0 Å². The Bertz CT molecular complexity index is 866. The normalized spacial score (nSPS) is 16.9. The summed E-state index contributed by atoms with van der Waals surface area (Å²) >= 11 is 0. The monoisotopic (exact) mass is 368 g/mol. The van der Waals surface area contributed by atoms with Crippen LogP contribution in [0.1, 0.15) is 32.1 Å². The first kappa shape index (κ1) is 19.2. The number of aliphatic imine (C=N–C) groups is 1. The Morgan fingerprint density at radius 3 is 2.84 bits per heavy atom. The summed E-state index contributed by atoms with van der Waals surface area (Å²) in [5, 5.41) is 0. The number of imidazole rings is 1. The number of fused-ring (bicyclic) bond motifs is 1. The first-order valence-electron chi connectivity index (χ1n) is 8.46. The molecule has 0 saturated carbocycles. The van der Waals surface area contributed by atoms with Crippen LogP contribution < -0.4 is 11.2 Å². The van der Waals surface area contributed by atoms with Gasteiger partial charge in [0, 0.05) is 40.2 Å². The summed E-state index contributed by atoms with van der Waals surface area (Å²) in [5.74, 6) is 1.18. The predicted octanol–water partition coefficient (Wildman–Crippen LogP) is 1.14. The molecule has 0 atom stereocenters. The summed E-state index contributed by atoms with van der Waals surface area (Å²) in [4.78, 5) is 37.1. The number of aryl methyl sites for hydroxylation is 2. The summed E-state index contributed by atoms with van der Waals surface area (Å²) in [6.45, 7) is 2.45. The number of aromatic amines is 1. The van der Waals surface area contributed by atoms with Crippen molar-refractivity contribution in [2.45, 2.75) is 38.6 Å². The second-order valence-electron chi connectivity index (χ2n) is 6.31. The highest BCUT2D eigenvalue weighted by atomic mass is 35.5. The molecule has 1 fully saturated rings. The molecule has 1 aliphatic rings. The first-order chi connectivity index (χ1) is 11.6. The molecule has 0 aliphatic carbocycles. The highest BCUT2D eigenvalue weighted by Gasteiger charge is 2.12. The first-order valence-corrected chi connectivity index (χ1v) is 8.46. The van der Waals surface area contributed by atoms with Gasteiger partial charge in [0.05, 0.1) is 12.2 Å². The van der Waals surface area contributed by atoms with Crippen molar-refractivity contribution in [3.8, 4) is 0 Å². The second-order valence-corrected chi connectivity index (χ2v) is 6.31. The summed E-state index contributed by atoms with van der Waals surface area (Å²) in [7, 11) is 3.71. The minimum atomic E-state index is -0.444. The van der Waals surface area contributed by atoms with E-state index in [-0.39, 0.29) is 18.0 Å². The number of halogens is 1. The Kier molecular flexibility index (Phi) is 6.41. The maximum Gasteiger partial charge on any atom is 0.329 e. The van der Waals surface area contributed by atoms with Gasteiger partial charge in [-0.05, 0) is 19.3 Å². The zero-order valence-electron chi connectivity index (χ0n) is 14.7.